The molecule has 2 aromatic heterocycles. The molecule has 0 spiro atoms. The maximum atomic E-state index is 15.1. The number of carbonyl (C=O) groups excluding carboxylic acids is 4. The molecule has 4 amide bonds. The number of carbonyl (C=O) groups is 4. The van der Waals surface area contributed by atoms with Crippen LogP contribution in [0, 0.1) is 5.82 Å². The summed E-state index contributed by atoms with van der Waals surface area (Å²) in [5.74, 6) is -0.867. The molecule has 1 atom stereocenters. The number of aromatic nitrogens is 3. The van der Waals surface area contributed by atoms with Crippen molar-refractivity contribution >= 4 is 41.2 Å². The molecule has 41 heavy (non-hydrogen) atoms. The summed E-state index contributed by atoms with van der Waals surface area (Å²) < 4.78 is 26.8. The Hall–Kier alpha value is -4.95. The highest BCUT2D eigenvalue weighted by Gasteiger charge is 2.33. The van der Waals surface area contributed by atoms with E-state index < -0.39 is 30.0 Å². The Balaban J connectivity index is 1.10. The Morgan fingerprint density at radius 1 is 1.17 bits per heavy atom. The van der Waals surface area contributed by atoms with Crippen LogP contribution in [0.25, 0.3) is 5.78 Å². The van der Waals surface area contributed by atoms with Gasteiger partial charge in [0.2, 0.25) is 11.7 Å². The minimum Gasteiger partial charge on any atom is -0.450 e. The van der Waals surface area contributed by atoms with Crippen LogP contribution in [-0.2, 0) is 14.3 Å². The highest BCUT2D eigenvalue weighted by molar-refractivity contribution is 5.95. The zero-order valence-corrected chi connectivity index (χ0v) is 22.3. The van der Waals surface area contributed by atoms with E-state index in [1.165, 1.54) is 17.2 Å². The van der Waals surface area contributed by atoms with Gasteiger partial charge >= 0.3 is 12.2 Å². The van der Waals surface area contributed by atoms with Crippen molar-refractivity contribution in [3.8, 4) is 0 Å². The molecule has 1 unspecified atom stereocenters. The second-order valence-corrected chi connectivity index (χ2v) is 9.36. The third-order valence-corrected chi connectivity index (χ3v) is 6.71. The van der Waals surface area contributed by atoms with Gasteiger partial charge in [0.1, 0.15) is 17.6 Å². The second kappa shape index (κ2) is 12.1. The molecule has 2 fully saturated rings. The number of nitrogens with zero attached hydrogens (tertiary/aromatic N) is 6. The molecule has 3 aromatic rings. The fraction of sp³-hybridized carbons (Fsp3) is 0.385. The minimum absolute atomic E-state index is 0.0757. The van der Waals surface area contributed by atoms with Gasteiger partial charge in [-0.25, -0.2) is 23.9 Å². The predicted octanol–water partition coefficient (Wildman–Crippen LogP) is 1.02. The van der Waals surface area contributed by atoms with Gasteiger partial charge in [-0.15, -0.1) is 0 Å². The molecule has 2 N–H and O–H groups in total. The first-order valence-electron chi connectivity index (χ1n) is 13.1. The van der Waals surface area contributed by atoms with Crippen molar-refractivity contribution in [2.75, 3.05) is 62.2 Å². The van der Waals surface area contributed by atoms with E-state index in [1.54, 1.807) is 46.8 Å². The number of cyclic esters (lactones) is 1. The molecule has 1 aromatic carbocycles. The monoisotopic (exact) mass is 568 g/mol. The first kappa shape index (κ1) is 27.6. The van der Waals surface area contributed by atoms with Gasteiger partial charge in [0.15, 0.2) is 0 Å². The van der Waals surface area contributed by atoms with E-state index in [1.807, 2.05) is 4.90 Å². The third-order valence-electron chi connectivity index (χ3n) is 6.71. The van der Waals surface area contributed by atoms with Gasteiger partial charge < -0.3 is 29.9 Å². The van der Waals surface area contributed by atoms with Crippen LogP contribution < -0.4 is 20.4 Å². The van der Waals surface area contributed by atoms with Crippen molar-refractivity contribution in [2.45, 2.75) is 13.0 Å². The van der Waals surface area contributed by atoms with Crippen LogP contribution in [0.1, 0.15) is 17.4 Å². The number of anilines is 2. The van der Waals surface area contributed by atoms with Crippen molar-refractivity contribution in [3.63, 3.8) is 0 Å². The Morgan fingerprint density at radius 2 is 1.98 bits per heavy atom. The SMILES string of the molecule is CCOC(=O)NCC1CN(c2ccc(N3CCN(C(=O)CNC(=O)c4cn5cccnc5n4)CC3)c(F)c2)C(=O)O1. The number of rotatable bonds is 8. The van der Waals surface area contributed by atoms with Gasteiger partial charge in [-0.2, -0.15) is 0 Å². The van der Waals surface area contributed by atoms with E-state index in [2.05, 4.69) is 20.6 Å². The molecule has 0 saturated carbocycles. The van der Waals surface area contributed by atoms with Crippen LogP contribution in [0.5, 0.6) is 0 Å². The summed E-state index contributed by atoms with van der Waals surface area (Å²) in [4.78, 5) is 61.9. The number of imidazole rings is 1. The number of benzene rings is 1. The molecule has 0 bridgehead atoms. The second-order valence-electron chi connectivity index (χ2n) is 9.36. The third kappa shape index (κ3) is 6.28. The van der Waals surface area contributed by atoms with Gasteiger partial charge in [0, 0.05) is 44.8 Å². The average Bonchev–Trinajstić information content (AvgIpc) is 3.58. The average molecular weight is 569 g/mol. The van der Waals surface area contributed by atoms with Gasteiger partial charge in [0.25, 0.3) is 5.91 Å². The number of piperazine rings is 1. The fourth-order valence-electron chi connectivity index (χ4n) is 4.63. The number of alkyl carbamates (subject to hydrolysis) is 1. The molecule has 2 aliphatic heterocycles. The predicted molar refractivity (Wildman–Crippen MR) is 143 cm³/mol. The van der Waals surface area contributed by atoms with E-state index in [9.17, 15) is 19.2 Å². The largest absolute Gasteiger partial charge is 0.450 e. The zero-order valence-electron chi connectivity index (χ0n) is 22.3. The maximum absolute atomic E-state index is 15.1. The van der Waals surface area contributed by atoms with Crippen molar-refractivity contribution in [1.29, 1.82) is 0 Å². The van der Waals surface area contributed by atoms with Gasteiger partial charge in [-0.1, -0.05) is 0 Å². The molecule has 4 heterocycles. The zero-order chi connectivity index (χ0) is 28.9. The van der Waals surface area contributed by atoms with E-state index >= 15 is 4.39 Å². The van der Waals surface area contributed by atoms with E-state index in [0.29, 0.717) is 43.3 Å². The normalized spacial score (nSPS) is 17.0. The number of halogens is 1. The lowest BCUT2D eigenvalue weighted by molar-refractivity contribution is -0.130. The van der Waals surface area contributed by atoms with Crippen LogP contribution in [0.15, 0.2) is 42.9 Å². The summed E-state index contributed by atoms with van der Waals surface area (Å²) in [6.07, 6.45) is 2.99. The number of ether oxygens (including phenoxy) is 2. The Kier molecular flexibility index (Phi) is 8.12. The first-order chi connectivity index (χ1) is 19.8. The highest BCUT2D eigenvalue weighted by Crippen LogP contribution is 2.28. The van der Waals surface area contributed by atoms with Crippen molar-refractivity contribution in [3.05, 3.63) is 54.4 Å². The highest BCUT2D eigenvalue weighted by atomic mass is 19.1. The van der Waals surface area contributed by atoms with E-state index in [-0.39, 0.29) is 37.8 Å². The molecule has 0 aliphatic carbocycles. The van der Waals surface area contributed by atoms with Gasteiger partial charge in [-0.3, -0.25) is 18.9 Å². The van der Waals surface area contributed by atoms with Crippen LogP contribution in [0.2, 0.25) is 0 Å². The summed E-state index contributed by atoms with van der Waals surface area (Å²) in [5.41, 5.74) is 0.842. The standard InChI is InChI=1S/C26H29FN8O6/c1-2-40-25(38)30-13-18-15-35(26(39)41-18)17-4-5-21(19(27)12-17)32-8-10-33(11-9-32)22(36)14-29-23(37)20-16-34-7-3-6-28-24(34)31-20/h3-7,12,16,18H,2,8-11,13-15H2,1H3,(H,29,37)(H,30,38). The summed E-state index contributed by atoms with van der Waals surface area (Å²) in [5, 5.41) is 5.11. The van der Waals surface area contributed by atoms with Crippen LogP contribution in [0.4, 0.5) is 25.4 Å². The van der Waals surface area contributed by atoms with Crippen LogP contribution >= 0.6 is 0 Å². The fourth-order valence-corrected chi connectivity index (χ4v) is 4.63. The molecule has 2 saturated heterocycles. The molecule has 2 aliphatic rings. The minimum atomic E-state index is -0.634. The van der Waals surface area contributed by atoms with Crippen molar-refractivity contribution in [2.24, 2.45) is 0 Å². The van der Waals surface area contributed by atoms with Crippen LogP contribution in [0.3, 0.4) is 0 Å². The topological polar surface area (TPSA) is 151 Å². The Bertz CT molecular complexity index is 1420. The molecule has 14 nitrogen and oxygen atoms in total. The smallest absolute Gasteiger partial charge is 0.414 e. The van der Waals surface area contributed by atoms with Gasteiger partial charge in [0.05, 0.1) is 37.6 Å². The molecule has 0 radical (unpaired) electrons. The maximum Gasteiger partial charge on any atom is 0.414 e. The summed E-state index contributed by atoms with van der Waals surface area (Å²) in [6.45, 7) is 3.42. The number of hydrogen-bond acceptors (Lipinski definition) is 9. The van der Waals surface area contributed by atoms with E-state index in [4.69, 9.17) is 9.47 Å². The first-order valence-corrected chi connectivity index (χ1v) is 13.1. The lowest BCUT2D eigenvalue weighted by Crippen LogP contribution is -2.51. The lowest BCUT2D eigenvalue weighted by Gasteiger charge is -2.36. The number of fused-ring (bicyclic) bond motifs is 1. The molecular formula is C26H29FN8O6. The molecule has 15 heteroatoms. The lowest BCUT2D eigenvalue weighted by atomic mass is 10.2. The molecule has 5 rings (SSSR count). The van der Waals surface area contributed by atoms with Crippen molar-refractivity contribution in [1.82, 2.24) is 29.9 Å². The number of nitrogens with one attached hydrogen (secondary N) is 2. The Labute approximate surface area is 234 Å². The van der Waals surface area contributed by atoms with E-state index in [0.717, 1.165) is 0 Å². The van der Waals surface area contributed by atoms with Crippen LogP contribution in [-0.4, -0.2) is 102 Å². The number of hydrogen-bond donors (Lipinski definition) is 2. The summed E-state index contributed by atoms with van der Waals surface area (Å²) >= 11 is 0. The molecule has 216 valence electrons. The number of amides is 4. The van der Waals surface area contributed by atoms with Crippen molar-refractivity contribution < 1.29 is 33.0 Å². The molecular weight excluding hydrogens is 539 g/mol. The van der Waals surface area contributed by atoms with Gasteiger partial charge in [-0.05, 0) is 31.2 Å². The quantitative estimate of drug-likeness (QED) is 0.406. The summed E-state index contributed by atoms with van der Waals surface area (Å²) in [7, 11) is 0. The Morgan fingerprint density at radius 3 is 2.71 bits per heavy atom. The summed E-state index contributed by atoms with van der Waals surface area (Å²) in [6, 6.07) is 6.19.